The number of hydrogen-bond acceptors (Lipinski definition) is 3. The molecule has 0 saturated carbocycles. The molecule has 1 amide bonds. The Bertz CT molecular complexity index is 646. The summed E-state index contributed by atoms with van der Waals surface area (Å²) in [7, 11) is 1.67. The second-order valence-corrected chi connectivity index (χ2v) is 4.90. The largest absolute Gasteiger partial charge is 0.490 e. The highest BCUT2D eigenvalue weighted by molar-refractivity contribution is 5.97. The number of pyridine rings is 1. The van der Waals surface area contributed by atoms with E-state index in [-0.39, 0.29) is 23.3 Å². The van der Waals surface area contributed by atoms with Gasteiger partial charge in [-0.1, -0.05) is 12.1 Å². The molecule has 0 radical (unpaired) electrons. The molecule has 0 aliphatic carbocycles. The highest BCUT2D eigenvalue weighted by Crippen LogP contribution is 2.26. The van der Waals surface area contributed by atoms with Crippen LogP contribution in [-0.2, 0) is 0 Å². The molecule has 0 aliphatic rings. The number of aromatic nitrogens is 1. The Labute approximate surface area is 129 Å². The topological polar surface area (TPSA) is 42.4 Å². The Morgan fingerprint density at radius 3 is 2.73 bits per heavy atom. The fourth-order valence-corrected chi connectivity index (χ4v) is 2.16. The maximum atomic E-state index is 13.9. The molecular weight excluding hydrogens is 283 g/mol. The van der Waals surface area contributed by atoms with Crippen molar-refractivity contribution in [3.63, 3.8) is 0 Å². The summed E-state index contributed by atoms with van der Waals surface area (Å²) in [6.07, 6.45) is 1.68. The first-order chi connectivity index (χ1) is 10.6. The van der Waals surface area contributed by atoms with Gasteiger partial charge < -0.3 is 9.64 Å². The van der Waals surface area contributed by atoms with Crippen LogP contribution in [0.2, 0.25) is 0 Å². The second kappa shape index (κ2) is 7.02. The molecule has 2 aromatic rings. The van der Waals surface area contributed by atoms with Crippen molar-refractivity contribution in [1.82, 2.24) is 9.88 Å². The summed E-state index contributed by atoms with van der Waals surface area (Å²) >= 11 is 0. The summed E-state index contributed by atoms with van der Waals surface area (Å²) in [4.78, 5) is 18.4. The normalized spacial score (nSPS) is 11.8. The van der Waals surface area contributed by atoms with Crippen LogP contribution in [0.1, 0.15) is 35.9 Å². The second-order valence-electron chi connectivity index (χ2n) is 4.90. The molecule has 116 valence electrons. The molecule has 4 nitrogen and oxygen atoms in total. The molecule has 1 atom stereocenters. The minimum absolute atomic E-state index is 0.00456. The monoisotopic (exact) mass is 302 g/mol. The van der Waals surface area contributed by atoms with Gasteiger partial charge in [0.15, 0.2) is 11.6 Å². The third-order valence-corrected chi connectivity index (χ3v) is 3.50. The van der Waals surface area contributed by atoms with Gasteiger partial charge in [0.05, 0.1) is 23.9 Å². The Balaban J connectivity index is 2.30. The SMILES string of the molecule is CCOc1c(F)cccc1C(=O)N(C)C(C)c1ccccn1. The fraction of sp³-hybridized carbons (Fsp3) is 0.294. The van der Waals surface area contributed by atoms with Crippen LogP contribution in [0.4, 0.5) is 4.39 Å². The van der Waals surface area contributed by atoms with Gasteiger partial charge in [0.2, 0.25) is 0 Å². The number of ether oxygens (including phenoxy) is 1. The highest BCUT2D eigenvalue weighted by atomic mass is 19.1. The minimum atomic E-state index is -0.536. The molecule has 0 saturated heterocycles. The summed E-state index contributed by atoms with van der Waals surface area (Å²) < 4.78 is 19.2. The van der Waals surface area contributed by atoms with Gasteiger partial charge in [0, 0.05) is 13.2 Å². The number of rotatable bonds is 5. The Morgan fingerprint density at radius 2 is 2.09 bits per heavy atom. The Hall–Kier alpha value is -2.43. The zero-order valence-electron chi connectivity index (χ0n) is 12.9. The number of halogens is 1. The Morgan fingerprint density at radius 1 is 1.32 bits per heavy atom. The van der Waals surface area contributed by atoms with Gasteiger partial charge in [0.1, 0.15) is 0 Å². The number of amides is 1. The standard InChI is InChI=1S/C17H19FN2O2/c1-4-22-16-13(8-7-9-14(16)18)17(21)20(3)12(2)15-10-5-6-11-19-15/h5-12H,4H2,1-3H3. The number of benzene rings is 1. The van der Waals surface area contributed by atoms with E-state index in [2.05, 4.69) is 4.98 Å². The quantitative estimate of drug-likeness (QED) is 0.849. The lowest BCUT2D eigenvalue weighted by molar-refractivity contribution is 0.0734. The maximum absolute atomic E-state index is 13.9. The van der Waals surface area contributed by atoms with Crippen LogP contribution in [0.15, 0.2) is 42.6 Å². The van der Waals surface area contributed by atoms with Crippen LogP contribution in [0.3, 0.4) is 0 Å². The first-order valence-electron chi connectivity index (χ1n) is 7.15. The molecule has 0 spiro atoms. The van der Waals surface area contributed by atoms with Gasteiger partial charge in [-0.25, -0.2) is 4.39 Å². The van der Waals surface area contributed by atoms with Crippen LogP contribution < -0.4 is 4.74 Å². The third kappa shape index (κ3) is 3.24. The molecule has 1 aromatic carbocycles. The van der Waals surface area contributed by atoms with Crippen molar-refractivity contribution in [3.8, 4) is 5.75 Å². The zero-order valence-corrected chi connectivity index (χ0v) is 12.9. The van der Waals surface area contributed by atoms with Crippen molar-refractivity contribution < 1.29 is 13.9 Å². The van der Waals surface area contributed by atoms with Gasteiger partial charge in [-0.15, -0.1) is 0 Å². The molecule has 1 heterocycles. The zero-order chi connectivity index (χ0) is 16.1. The number of carbonyl (C=O) groups excluding carboxylic acids is 1. The molecule has 0 N–H and O–H groups in total. The van der Waals surface area contributed by atoms with E-state index in [0.717, 1.165) is 5.69 Å². The molecule has 2 rings (SSSR count). The van der Waals surface area contributed by atoms with Crippen LogP contribution in [0.25, 0.3) is 0 Å². The summed E-state index contributed by atoms with van der Waals surface area (Å²) in [6, 6.07) is 9.66. The predicted octanol–water partition coefficient (Wildman–Crippen LogP) is 3.45. The number of para-hydroxylation sites is 1. The van der Waals surface area contributed by atoms with E-state index in [1.165, 1.54) is 17.0 Å². The fourth-order valence-electron chi connectivity index (χ4n) is 2.16. The first-order valence-corrected chi connectivity index (χ1v) is 7.15. The van der Waals surface area contributed by atoms with E-state index in [9.17, 15) is 9.18 Å². The van der Waals surface area contributed by atoms with Crippen molar-refractivity contribution in [2.75, 3.05) is 13.7 Å². The third-order valence-electron chi connectivity index (χ3n) is 3.50. The van der Waals surface area contributed by atoms with Crippen molar-refractivity contribution in [2.24, 2.45) is 0 Å². The maximum Gasteiger partial charge on any atom is 0.258 e. The lowest BCUT2D eigenvalue weighted by Gasteiger charge is -2.25. The molecule has 0 fully saturated rings. The van der Waals surface area contributed by atoms with Crippen LogP contribution in [0.5, 0.6) is 5.75 Å². The molecule has 22 heavy (non-hydrogen) atoms. The van der Waals surface area contributed by atoms with E-state index in [4.69, 9.17) is 4.74 Å². The lowest BCUT2D eigenvalue weighted by atomic mass is 10.1. The molecule has 0 bridgehead atoms. The van der Waals surface area contributed by atoms with Gasteiger partial charge in [-0.05, 0) is 38.1 Å². The average molecular weight is 302 g/mol. The summed E-state index contributed by atoms with van der Waals surface area (Å²) in [5, 5.41) is 0. The smallest absolute Gasteiger partial charge is 0.258 e. The summed E-state index contributed by atoms with van der Waals surface area (Å²) in [5.41, 5.74) is 0.986. The average Bonchev–Trinajstić information content (AvgIpc) is 2.55. The van der Waals surface area contributed by atoms with Crippen molar-refractivity contribution in [1.29, 1.82) is 0 Å². The molecule has 5 heteroatoms. The number of hydrogen-bond donors (Lipinski definition) is 0. The van der Waals surface area contributed by atoms with Crippen molar-refractivity contribution in [2.45, 2.75) is 19.9 Å². The van der Waals surface area contributed by atoms with Gasteiger partial charge in [-0.3, -0.25) is 9.78 Å². The molecular formula is C17H19FN2O2. The first kappa shape index (κ1) is 15.9. The van der Waals surface area contributed by atoms with Gasteiger partial charge >= 0.3 is 0 Å². The number of carbonyl (C=O) groups is 1. The van der Waals surface area contributed by atoms with E-state index < -0.39 is 5.82 Å². The molecule has 1 unspecified atom stereocenters. The molecule has 0 aliphatic heterocycles. The lowest BCUT2D eigenvalue weighted by Crippen LogP contribution is -2.30. The van der Waals surface area contributed by atoms with E-state index in [1.54, 1.807) is 26.2 Å². The number of nitrogens with zero attached hydrogens (tertiary/aromatic N) is 2. The molecule has 1 aromatic heterocycles. The summed E-state index contributed by atoms with van der Waals surface area (Å²) in [5.74, 6) is -0.845. The minimum Gasteiger partial charge on any atom is -0.490 e. The van der Waals surface area contributed by atoms with E-state index in [1.807, 2.05) is 25.1 Å². The van der Waals surface area contributed by atoms with Gasteiger partial charge in [0.25, 0.3) is 5.91 Å². The van der Waals surface area contributed by atoms with Crippen molar-refractivity contribution >= 4 is 5.91 Å². The van der Waals surface area contributed by atoms with Gasteiger partial charge in [-0.2, -0.15) is 0 Å². The van der Waals surface area contributed by atoms with Crippen LogP contribution >= 0.6 is 0 Å². The van der Waals surface area contributed by atoms with Crippen LogP contribution in [-0.4, -0.2) is 29.4 Å². The van der Waals surface area contributed by atoms with Crippen molar-refractivity contribution in [3.05, 3.63) is 59.7 Å². The summed E-state index contributed by atoms with van der Waals surface area (Å²) in [6.45, 7) is 3.92. The Kier molecular flexibility index (Phi) is 5.09. The van der Waals surface area contributed by atoms with E-state index >= 15 is 0 Å². The van der Waals surface area contributed by atoms with Crippen LogP contribution in [0, 0.1) is 5.82 Å². The van der Waals surface area contributed by atoms with E-state index in [0.29, 0.717) is 6.61 Å². The predicted molar refractivity (Wildman–Crippen MR) is 82.3 cm³/mol. The highest BCUT2D eigenvalue weighted by Gasteiger charge is 2.24.